The van der Waals surface area contributed by atoms with Crippen molar-refractivity contribution in [2.75, 3.05) is 5.73 Å². The Morgan fingerprint density at radius 1 is 1.50 bits per heavy atom. The molecule has 2 heterocycles. The SMILES string of the molecule is Nc1cscc1Cn1cccc1C=O. The molecular formula is C10H10N2OS. The number of anilines is 1. The van der Waals surface area contributed by atoms with Crippen molar-refractivity contribution >= 4 is 23.3 Å². The number of nitrogen functional groups attached to an aromatic ring is 1. The lowest BCUT2D eigenvalue weighted by atomic mass is 10.3. The van der Waals surface area contributed by atoms with E-state index in [9.17, 15) is 4.79 Å². The summed E-state index contributed by atoms with van der Waals surface area (Å²) in [5.74, 6) is 0. The Morgan fingerprint density at radius 2 is 2.36 bits per heavy atom. The number of thiophene rings is 1. The molecule has 0 saturated carbocycles. The van der Waals surface area contributed by atoms with Crippen LogP contribution in [0.1, 0.15) is 16.1 Å². The topological polar surface area (TPSA) is 48.0 Å². The van der Waals surface area contributed by atoms with Crippen molar-refractivity contribution in [1.29, 1.82) is 0 Å². The normalized spacial score (nSPS) is 10.3. The first kappa shape index (κ1) is 9.02. The predicted octanol–water partition coefficient (Wildman–Crippen LogP) is 1.99. The number of rotatable bonds is 3. The Hall–Kier alpha value is -1.55. The summed E-state index contributed by atoms with van der Waals surface area (Å²) in [6.45, 7) is 0.663. The van der Waals surface area contributed by atoms with E-state index in [1.54, 1.807) is 17.4 Å². The fourth-order valence-corrected chi connectivity index (χ4v) is 2.06. The Kier molecular flexibility index (Phi) is 2.37. The number of nitrogens with zero attached hydrogens (tertiary/aromatic N) is 1. The Bertz CT molecular complexity index is 444. The van der Waals surface area contributed by atoms with Gasteiger partial charge in [0.25, 0.3) is 0 Å². The molecule has 3 nitrogen and oxygen atoms in total. The van der Waals surface area contributed by atoms with E-state index < -0.39 is 0 Å². The standard InChI is InChI=1S/C10H10N2OS/c11-10-7-14-6-8(10)4-12-3-1-2-9(12)5-13/h1-3,5-7H,4,11H2. The average molecular weight is 206 g/mol. The zero-order valence-corrected chi connectivity index (χ0v) is 8.33. The van der Waals surface area contributed by atoms with E-state index in [0.29, 0.717) is 12.2 Å². The van der Waals surface area contributed by atoms with Crippen molar-refractivity contribution in [1.82, 2.24) is 4.57 Å². The molecule has 0 amide bonds. The summed E-state index contributed by atoms with van der Waals surface area (Å²) in [4.78, 5) is 10.7. The van der Waals surface area contributed by atoms with Crippen molar-refractivity contribution in [3.8, 4) is 0 Å². The monoisotopic (exact) mass is 206 g/mol. The van der Waals surface area contributed by atoms with Crippen molar-refractivity contribution in [3.05, 3.63) is 40.3 Å². The van der Waals surface area contributed by atoms with Crippen LogP contribution < -0.4 is 5.73 Å². The molecule has 0 saturated heterocycles. The highest BCUT2D eigenvalue weighted by atomic mass is 32.1. The molecule has 2 N–H and O–H groups in total. The van der Waals surface area contributed by atoms with Crippen LogP contribution in [-0.2, 0) is 6.54 Å². The highest BCUT2D eigenvalue weighted by molar-refractivity contribution is 7.08. The minimum absolute atomic E-state index is 0.663. The van der Waals surface area contributed by atoms with Gasteiger partial charge in [0.15, 0.2) is 6.29 Å². The molecule has 14 heavy (non-hydrogen) atoms. The summed E-state index contributed by atoms with van der Waals surface area (Å²) >= 11 is 1.57. The lowest BCUT2D eigenvalue weighted by Crippen LogP contribution is -2.03. The van der Waals surface area contributed by atoms with Crippen molar-refractivity contribution in [2.45, 2.75) is 6.54 Å². The van der Waals surface area contributed by atoms with Crippen molar-refractivity contribution < 1.29 is 4.79 Å². The minimum Gasteiger partial charge on any atom is -0.398 e. The van der Waals surface area contributed by atoms with Gasteiger partial charge in [-0.25, -0.2) is 0 Å². The number of carbonyl (C=O) groups is 1. The summed E-state index contributed by atoms with van der Waals surface area (Å²) in [5, 5.41) is 3.91. The molecular weight excluding hydrogens is 196 g/mol. The molecule has 2 aromatic heterocycles. The fourth-order valence-electron chi connectivity index (χ4n) is 1.32. The quantitative estimate of drug-likeness (QED) is 0.781. The van der Waals surface area contributed by atoms with Gasteiger partial charge in [0.05, 0.1) is 12.2 Å². The van der Waals surface area contributed by atoms with Crippen LogP contribution in [0, 0.1) is 0 Å². The van der Waals surface area contributed by atoms with Crippen LogP contribution in [-0.4, -0.2) is 10.9 Å². The van der Waals surface area contributed by atoms with E-state index in [2.05, 4.69) is 0 Å². The van der Waals surface area contributed by atoms with E-state index >= 15 is 0 Å². The third-order valence-corrected chi connectivity index (χ3v) is 2.91. The number of aromatic nitrogens is 1. The zero-order valence-electron chi connectivity index (χ0n) is 7.51. The van der Waals surface area contributed by atoms with E-state index in [1.807, 2.05) is 27.6 Å². The van der Waals surface area contributed by atoms with E-state index in [0.717, 1.165) is 17.5 Å². The van der Waals surface area contributed by atoms with E-state index in [4.69, 9.17) is 5.73 Å². The maximum absolute atomic E-state index is 10.7. The summed E-state index contributed by atoms with van der Waals surface area (Å²) in [5.41, 5.74) is 8.29. The van der Waals surface area contributed by atoms with Crippen LogP contribution in [0.2, 0.25) is 0 Å². The van der Waals surface area contributed by atoms with Gasteiger partial charge in [0.2, 0.25) is 0 Å². The zero-order chi connectivity index (χ0) is 9.97. The van der Waals surface area contributed by atoms with Crippen molar-refractivity contribution in [2.24, 2.45) is 0 Å². The second-order valence-corrected chi connectivity index (χ2v) is 3.77. The van der Waals surface area contributed by atoms with Crippen molar-refractivity contribution in [3.63, 3.8) is 0 Å². The number of nitrogens with two attached hydrogens (primary N) is 1. The third-order valence-electron chi connectivity index (χ3n) is 2.10. The number of hydrogen-bond donors (Lipinski definition) is 1. The molecule has 2 rings (SSSR count). The van der Waals surface area contributed by atoms with Crippen LogP contribution in [0.5, 0.6) is 0 Å². The molecule has 0 aromatic carbocycles. The molecule has 0 spiro atoms. The van der Waals surface area contributed by atoms with E-state index in [-0.39, 0.29) is 0 Å². The number of hydrogen-bond acceptors (Lipinski definition) is 3. The predicted molar refractivity (Wildman–Crippen MR) is 57.7 cm³/mol. The summed E-state index contributed by atoms with van der Waals surface area (Å²) in [6, 6.07) is 3.64. The van der Waals surface area contributed by atoms with Gasteiger partial charge in [-0.05, 0) is 17.5 Å². The molecule has 4 heteroatoms. The van der Waals surface area contributed by atoms with Gasteiger partial charge >= 0.3 is 0 Å². The highest BCUT2D eigenvalue weighted by Crippen LogP contribution is 2.18. The van der Waals surface area contributed by atoms with E-state index in [1.165, 1.54) is 0 Å². The van der Waals surface area contributed by atoms with Gasteiger partial charge in [-0.3, -0.25) is 4.79 Å². The molecule has 0 aliphatic carbocycles. The number of aldehydes is 1. The molecule has 0 atom stereocenters. The first-order valence-electron chi connectivity index (χ1n) is 4.22. The fraction of sp³-hybridized carbons (Fsp3) is 0.100. The Balaban J connectivity index is 2.27. The van der Waals surface area contributed by atoms with Crippen LogP contribution in [0.3, 0.4) is 0 Å². The van der Waals surface area contributed by atoms with Gasteiger partial charge in [-0.2, -0.15) is 0 Å². The van der Waals surface area contributed by atoms with Gasteiger partial charge in [0, 0.05) is 22.8 Å². The second-order valence-electron chi connectivity index (χ2n) is 3.03. The van der Waals surface area contributed by atoms with Gasteiger partial charge < -0.3 is 10.3 Å². The highest BCUT2D eigenvalue weighted by Gasteiger charge is 2.03. The third kappa shape index (κ3) is 1.56. The van der Waals surface area contributed by atoms with Gasteiger partial charge in [-0.1, -0.05) is 0 Å². The molecule has 0 aliphatic heterocycles. The maximum atomic E-state index is 10.7. The molecule has 2 aromatic rings. The van der Waals surface area contributed by atoms with Crippen LogP contribution in [0.25, 0.3) is 0 Å². The lowest BCUT2D eigenvalue weighted by molar-refractivity contribution is 0.111. The van der Waals surface area contributed by atoms with Gasteiger partial charge in [-0.15, -0.1) is 11.3 Å². The average Bonchev–Trinajstić information content (AvgIpc) is 2.77. The lowest BCUT2D eigenvalue weighted by Gasteiger charge is -2.04. The van der Waals surface area contributed by atoms with Gasteiger partial charge in [0.1, 0.15) is 0 Å². The molecule has 72 valence electrons. The smallest absolute Gasteiger partial charge is 0.166 e. The van der Waals surface area contributed by atoms with Crippen LogP contribution >= 0.6 is 11.3 Å². The minimum atomic E-state index is 0.663. The Morgan fingerprint density at radius 3 is 3.00 bits per heavy atom. The molecule has 0 bridgehead atoms. The molecule has 0 aliphatic rings. The number of carbonyl (C=O) groups excluding carboxylic acids is 1. The summed E-state index contributed by atoms with van der Waals surface area (Å²) in [6.07, 6.45) is 2.73. The summed E-state index contributed by atoms with van der Waals surface area (Å²) in [7, 11) is 0. The Labute approximate surface area is 85.8 Å². The first-order valence-corrected chi connectivity index (χ1v) is 5.16. The largest absolute Gasteiger partial charge is 0.398 e. The van der Waals surface area contributed by atoms with Crippen LogP contribution in [0.15, 0.2) is 29.1 Å². The first-order chi connectivity index (χ1) is 6.81. The molecule has 0 radical (unpaired) electrons. The van der Waals surface area contributed by atoms with Crippen LogP contribution in [0.4, 0.5) is 5.69 Å². The molecule has 0 unspecified atom stereocenters. The maximum Gasteiger partial charge on any atom is 0.166 e. The summed E-state index contributed by atoms with van der Waals surface area (Å²) < 4.78 is 1.88. The second kappa shape index (κ2) is 3.67. The molecule has 0 fully saturated rings.